The molecule has 182 valence electrons. The summed E-state index contributed by atoms with van der Waals surface area (Å²) in [6.45, 7) is 8.97. The summed E-state index contributed by atoms with van der Waals surface area (Å²) in [7, 11) is -3.95. The Morgan fingerprint density at radius 3 is 2.09 bits per heavy atom. The van der Waals surface area contributed by atoms with Crippen LogP contribution in [0.25, 0.3) is 6.08 Å². The molecule has 0 bridgehead atoms. The van der Waals surface area contributed by atoms with Gasteiger partial charge in [-0.1, -0.05) is 24.3 Å². The lowest BCUT2D eigenvalue weighted by Crippen LogP contribution is -2.57. The molecule has 1 aromatic rings. The van der Waals surface area contributed by atoms with Crippen molar-refractivity contribution in [1.29, 1.82) is 0 Å². The molecule has 1 saturated heterocycles. The number of carboxylic acids is 1. The summed E-state index contributed by atoms with van der Waals surface area (Å²) >= 11 is 0. The maximum Gasteiger partial charge on any atom is 0.410 e. The topological polar surface area (TPSA) is 121 Å². The Morgan fingerprint density at radius 1 is 1.00 bits per heavy atom. The predicted molar refractivity (Wildman–Crippen MR) is 124 cm³/mol. The Bertz CT molecular complexity index is 1030. The molecule has 10 heteroatoms. The van der Waals surface area contributed by atoms with Gasteiger partial charge in [0.2, 0.25) is 5.91 Å². The molecule has 0 aliphatic carbocycles. The molecular weight excluding hydrogens is 448 g/mol. The van der Waals surface area contributed by atoms with Crippen LogP contribution in [0.4, 0.5) is 4.79 Å². The number of carboxylic acid groups (broad SMARTS) is 1. The molecule has 1 aliphatic heterocycles. The van der Waals surface area contributed by atoms with Crippen molar-refractivity contribution in [1.82, 2.24) is 9.80 Å². The van der Waals surface area contributed by atoms with Crippen molar-refractivity contribution in [2.24, 2.45) is 0 Å². The first-order chi connectivity index (χ1) is 15.1. The second kappa shape index (κ2) is 9.94. The fourth-order valence-electron chi connectivity index (χ4n) is 3.31. The Hall–Kier alpha value is -2.88. The first kappa shape index (κ1) is 26.4. The fourth-order valence-corrected chi connectivity index (χ4v) is 4.74. The molecule has 33 heavy (non-hydrogen) atoms. The Kier molecular flexibility index (Phi) is 7.95. The van der Waals surface area contributed by atoms with Crippen LogP contribution >= 0.6 is 0 Å². The van der Waals surface area contributed by atoms with Gasteiger partial charge in [-0.2, -0.15) is 0 Å². The zero-order valence-electron chi connectivity index (χ0n) is 19.7. The highest BCUT2D eigenvalue weighted by atomic mass is 32.2. The highest BCUT2D eigenvalue weighted by Crippen LogP contribution is 2.26. The van der Waals surface area contributed by atoms with Crippen LogP contribution in [-0.2, 0) is 29.9 Å². The molecule has 1 aromatic carbocycles. The number of carbonyl (C=O) groups is 3. The van der Waals surface area contributed by atoms with Gasteiger partial charge in [0, 0.05) is 32.3 Å². The van der Waals surface area contributed by atoms with E-state index in [9.17, 15) is 22.8 Å². The maximum atomic E-state index is 13.3. The average Bonchev–Trinajstić information content (AvgIpc) is 2.71. The number of ether oxygens (including phenoxy) is 1. The zero-order valence-corrected chi connectivity index (χ0v) is 20.5. The monoisotopic (exact) mass is 480 g/mol. The second-order valence-electron chi connectivity index (χ2n) is 9.40. The third-order valence-corrected chi connectivity index (χ3v) is 7.74. The first-order valence-electron chi connectivity index (χ1n) is 10.6. The Morgan fingerprint density at radius 2 is 1.55 bits per heavy atom. The molecule has 0 radical (unpaired) electrons. The molecule has 1 fully saturated rings. The van der Waals surface area contributed by atoms with Gasteiger partial charge in [-0.05, 0) is 51.8 Å². The highest BCUT2D eigenvalue weighted by molar-refractivity contribution is 7.92. The number of rotatable bonds is 6. The molecule has 2 rings (SSSR count). The van der Waals surface area contributed by atoms with Crippen molar-refractivity contribution in [3.63, 3.8) is 0 Å². The van der Waals surface area contributed by atoms with Crippen LogP contribution < -0.4 is 0 Å². The summed E-state index contributed by atoms with van der Waals surface area (Å²) in [5.74, 6) is -2.09. The molecule has 2 amide bonds. The minimum Gasteiger partial charge on any atom is -0.478 e. The smallest absolute Gasteiger partial charge is 0.410 e. The Labute approximate surface area is 194 Å². The molecule has 1 N–H and O–H groups in total. The van der Waals surface area contributed by atoms with Crippen LogP contribution in [0.5, 0.6) is 0 Å². The highest BCUT2D eigenvalue weighted by Gasteiger charge is 2.45. The molecule has 1 heterocycles. The van der Waals surface area contributed by atoms with Gasteiger partial charge in [-0.3, -0.25) is 4.79 Å². The van der Waals surface area contributed by atoms with Crippen LogP contribution in [0.15, 0.2) is 30.3 Å². The molecule has 0 unspecified atom stereocenters. The second-order valence-corrected chi connectivity index (χ2v) is 11.9. The van der Waals surface area contributed by atoms with E-state index in [0.29, 0.717) is 11.1 Å². The van der Waals surface area contributed by atoms with E-state index in [2.05, 4.69) is 0 Å². The van der Waals surface area contributed by atoms with Gasteiger partial charge < -0.3 is 19.6 Å². The van der Waals surface area contributed by atoms with Crippen LogP contribution in [0, 0.1) is 0 Å². The Balaban J connectivity index is 2.12. The van der Waals surface area contributed by atoms with Gasteiger partial charge in [-0.15, -0.1) is 0 Å². The van der Waals surface area contributed by atoms with E-state index in [4.69, 9.17) is 9.84 Å². The van der Waals surface area contributed by atoms with E-state index < -0.39 is 43.9 Å². The van der Waals surface area contributed by atoms with Gasteiger partial charge >= 0.3 is 12.1 Å². The molecule has 9 nitrogen and oxygen atoms in total. The molecule has 0 atom stereocenters. The van der Waals surface area contributed by atoms with E-state index in [1.54, 1.807) is 45.0 Å². The van der Waals surface area contributed by atoms with Crippen molar-refractivity contribution in [3.05, 3.63) is 41.5 Å². The van der Waals surface area contributed by atoms with Crippen molar-refractivity contribution < 1.29 is 32.6 Å². The summed E-state index contributed by atoms with van der Waals surface area (Å²) in [6, 6.07) is 6.56. The lowest BCUT2D eigenvalue weighted by atomic mass is 10.1. The summed E-state index contributed by atoms with van der Waals surface area (Å²) in [5, 5.41) is 8.87. The maximum absolute atomic E-state index is 13.3. The first-order valence-corrected chi connectivity index (χ1v) is 12.3. The minimum absolute atomic E-state index is 0.203. The van der Waals surface area contributed by atoms with Crippen LogP contribution in [0.3, 0.4) is 0 Å². The van der Waals surface area contributed by atoms with Gasteiger partial charge in [0.05, 0.1) is 5.75 Å². The number of piperazine rings is 1. The quantitative estimate of drug-likeness (QED) is 0.621. The number of amides is 2. The van der Waals surface area contributed by atoms with Gasteiger partial charge in [0.1, 0.15) is 10.3 Å². The fraction of sp³-hybridized carbons (Fsp3) is 0.522. The van der Waals surface area contributed by atoms with Crippen LogP contribution in [0.1, 0.15) is 45.7 Å². The summed E-state index contributed by atoms with van der Waals surface area (Å²) < 4.78 is 30.2. The van der Waals surface area contributed by atoms with E-state index in [1.165, 1.54) is 29.7 Å². The number of carbonyl (C=O) groups excluding carboxylic acids is 2. The molecule has 0 spiro atoms. The molecule has 0 saturated carbocycles. The third kappa shape index (κ3) is 6.80. The lowest BCUT2D eigenvalue weighted by Gasteiger charge is -2.38. The van der Waals surface area contributed by atoms with Crippen LogP contribution in [0.2, 0.25) is 0 Å². The summed E-state index contributed by atoms with van der Waals surface area (Å²) in [6.07, 6.45) is 1.80. The van der Waals surface area contributed by atoms with Gasteiger partial charge in [0.15, 0.2) is 9.84 Å². The predicted octanol–water partition coefficient (Wildman–Crippen LogP) is 2.56. The van der Waals surface area contributed by atoms with E-state index in [1.807, 2.05) is 0 Å². The van der Waals surface area contributed by atoms with E-state index in [0.717, 1.165) is 6.08 Å². The number of hydrogen-bond acceptors (Lipinski definition) is 6. The molecule has 1 aliphatic rings. The summed E-state index contributed by atoms with van der Waals surface area (Å²) in [5.41, 5.74) is 0.235. The van der Waals surface area contributed by atoms with Gasteiger partial charge in [0.25, 0.3) is 0 Å². The normalized spacial score (nSPS) is 15.5. The zero-order chi connectivity index (χ0) is 25.0. The van der Waals surface area contributed by atoms with Crippen molar-refractivity contribution in [3.8, 4) is 0 Å². The van der Waals surface area contributed by atoms with Crippen LogP contribution in [-0.4, -0.2) is 77.8 Å². The van der Waals surface area contributed by atoms with E-state index in [-0.39, 0.29) is 26.2 Å². The molecule has 0 aromatic heterocycles. The number of benzene rings is 1. The standard InChI is InChI=1S/C23H32N2O7S/c1-22(2,3)32-21(29)25-14-12-24(13-15-25)20(28)23(4,5)33(30,31)16-18-9-7-6-8-17(18)10-11-19(26)27/h6-11H,12-16H2,1-5H3,(H,26,27)/b11-10+. The summed E-state index contributed by atoms with van der Waals surface area (Å²) in [4.78, 5) is 39.2. The average molecular weight is 481 g/mol. The van der Waals surface area contributed by atoms with Crippen molar-refractivity contribution in [2.45, 2.75) is 50.7 Å². The number of aliphatic carboxylic acids is 1. The molecular formula is C23H32N2O7S. The largest absolute Gasteiger partial charge is 0.478 e. The number of hydrogen-bond donors (Lipinski definition) is 1. The minimum atomic E-state index is -3.95. The third-order valence-electron chi connectivity index (χ3n) is 5.32. The number of sulfone groups is 1. The van der Waals surface area contributed by atoms with Crippen molar-refractivity contribution in [2.75, 3.05) is 26.2 Å². The number of nitrogens with zero attached hydrogens (tertiary/aromatic N) is 2. The van der Waals surface area contributed by atoms with Gasteiger partial charge in [-0.25, -0.2) is 18.0 Å². The SMILES string of the molecule is CC(C)(C)OC(=O)N1CCN(C(=O)C(C)(C)S(=O)(=O)Cc2ccccc2/C=C/C(=O)O)CC1. The lowest BCUT2D eigenvalue weighted by molar-refractivity contribution is -0.135. The van der Waals surface area contributed by atoms with Crippen molar-refractivity contribution >= 4 is 33.9 Å². The van der Waals surface area contributed by atoms with E-state index >= 15 is 0 Å².